The fourth-order valence-electron chi connectivity index (χ4n) is 1.84. The van der Waals surface area contributed by atoms with E-state index in [2.05, 4.69) is 10.3 Å². The van der Waals surface area contributed by atoms with Crippen LogP contribution in [0.15, 0.2) is 48.8 Å². The highest BCUT2D eigenvalue weighted by atomic mass is 16.5. The Hall–Kier alpha value is -2.89. The normalized spacial score (nSPS) is 11.5. The Labute approximate surface area is 128 Å². The standard InChI is InChI=1S/C16H17N3O3/c1-2-14(15(20)19-13-7-4-8-18-10-13)22-16(21)11-5-3-6-12(17)9-11/h3-10,14H,2,17H2,1H3,(H,19,20). The summed E-state index contributed by atoms with van der Waals surface area (Å²) in [5, 5.41) is 2.66. The average Bonchev–Trinajstić information content (AvgIpc) is 2.53. The van der Waals surface area contributed by atoms with E-state index in [1.807, 2.05) is 0 Å². The molecular weight excluding hydrogens is 282 g/mol. The van der Waals surface area contributed by atoms with Gasteiger partial charge in [0.05, 0.1) is 17.4 Å². The van der Waals surface area contributed by atoms with Gasteiger partial charge in [-0.15, -0.1) is 0 Å². The largest absolute Gasteiger partial charge is 0.449 e. The van der Waals surface area contributed by atoms with Gasteiger partial charge in [-0.1, -0.05) is 13.0 Å². The van der Waals surface area contributed by atoms with E-state index in [0.717, 1.165) is 0 Å². The number of carbonyl (C=O) groups is 2. The maximum atomic E-state index is 12.1. The van der Waals surface area contributed by atoms with Crippen molar-refractivity contribution in [1.82, 2.24) is 4.98 Å². The van der Waals surface area contributed by atoms with Gasteiger partial charge >= 0.3 is 5.97 Å². The molecule has 0 saturated carbocycles. The molecule has 0 radical (unpaired) electrons. The van der Waals surface area contributed by atoms with Crippen LogP contribution in [0.5, 0.6) is 0 Å². The lowest BCUT2D eigenvalue weighted by Gasteiger charge is -2.16. The summed E-state index contributed by atoms with van der Waals surface area (Å²) in [5.41, 5.74) is 6.95. The van der Waals surface area contributed by atoms with Crippen LogP contribution in [0.2, 0.25) is 0 Å². The van der Waals surface area contributed by atoms with Crippen LogP contribution in [0.4, 0.5) is 11.4 Å². The molecular formula is C16H17N3O3. The van der Waals surface area contributed by atoms with Crippen LogP contribution in [-0.4, -0.2) is 23.0 Å². The molecule has 1 unspecified atom stereocenters. The molecule has 2 aromatic rings. The van der Waals surface area contributed by atoms with E-state index in [1.165, 1.54) is 12.3 Å². The van der Waals surface area contributed by atoms with Crippen LogP contribution in [0.3, 0.4) is 0 Å². The average molecular weight is 299 g/mol. The number of nitrogens with one attached hydrogen (secondary N) is 1. The summed E-state index contributed by atoms with van der Waals surface area (Å²) in [7, 11) is 0. The van der Waals surface area contributed by atoms with Crippen molar-refractivity contribution in [3.63, 3.8) is 0 Å². The Morgan fingerprint density at radius 1 is 1.32 bits per heavy atom. The van der Waals surface area contributed by atoms with Gasteiger partial charge in [-0.05, 0) is 36.8 Å². The summed E-state index contributed by atoms with van der Waals surface area (Å²) in [6.07, 6.45) is 2.60. The highest BCUT2D eigenvalue weighted by Gasteiger charge is 2.22. The molecule has 1 atom stereocenters. The number of aromatic nitrogens is 1. The third-order valence-corrected chi connectivity index (χ3v) is 2.96. The molecule has 6 nitrogen and oxygen atoms in total. The molecule has 114 valence electrons. The van der Waals surface area contributed by atoms with E-state index in [0.29, 0.717) is 23.4 Å². The smallest absolute Gasteiger partial charge is 0.338 e. The molecule has 0 saturated heterocycles. The Bertz CT molecular complexity index is 659. The second-order valence-electron chi connectivity index (χ2n) is 4.66. The SMILES string of the molecule is CCC(OC(=O)c1cccc(N)c1)C(=O)Nc1cccnc1. The van der Waals surface area contributed by atoms with Gasteiger partial charge in [0.2, 0.25) is 0 Å². The molecule has 1 amide bonds. The van der Waals surface area contributed by atoms with Crippen molar-refractivity contribution in [1.29, 1.82) is 0 Å². The van der Waals surface area contributed by atoms with Gasteiger partial charge in [0.15, 0.2) is 6.10 Å². The van der Waals surface area contributed by atoms with Crippen molar-refractivity contribution in [2.45, 2.75) is 19.4 Å². The van der Waals surface area contributed by atoms with Crippen molar-refractivity contribution in [2.75, 3.05) is 11.1 Å². The molecule has 1 heterocycles. The lowest BCUT2D eigenvalue weighted by molar-refractivity contribution is -0.124. The first-order valence-electron chi connectivity index (χ1n) is 6.87. The Morgan fingerprint density at radius 2 is 2.14 bits per heavy atom. The van der Waals surface area contributed by atoms with E-state index >= 15 is 0 Å². The second-order valence-corrected chi connectivity index (χ2v) is 4.66. The van der Waals surface area contributed by atoms with Crippen LogP contribution in [0.25, 0.3) is 0 Å². The molecule has 0 fully saturated rings. The molecule has 22 heavy (non-hydrogen) atoms. The Kier molecular flexibility index (Phi) is 5.08. The first-order valence-corrected chi connectivity index (χ1v) is 6.87. The minimum atomic E-state index is -0.880. The van der Waals surface area contributed by atoms with Gasteiger partial charge < -0.3 is 15.8 Å². The number of ether oxygens (including phenoxy) is 1. The minimum absolute atomic E-state index is 0.313. The third kappa shape index (κ3) is 4.05. The quantitative estimate of drug-likeness (QED) is 0.652. The molecule has 3 N–H and O–H groups in total. The van der Waals surface area contributed by atoms with Crippen LogP contribution in [0, 0.1) is 0 Å². The number of esters is 1. The molecule has 1 aromatic carbocycles. The second kappa shape index (κ2) is 7.21. The van der Waals surface area contributed by atoms with Gasteiger partial charge in [0.25, 0.3) is 5.91 Å². The summed E-state index contributed by atoms with van der Waals surface area (Å²) in [5.74, 6) is -0.978. The van der Waals surface area contributed by atoms with Gasteiger partial charge in [-0.2, -0.15) is 0 Å². The molecule has 0 aliphatic carbocycles. The number of amides is 1. The Morgan fingerprint density at radius 3 is 2.77 bits per heavy atom. The zero-order chi connectivity index (χ0) is 15.9. The molecule has 0 spiro atoms. The number of anilines is 2. The predicted octanol–water partition coefficient (Wildman–Crippen LogP) is 2.24. The molecule has 2 rings (SSSR count). The number of rotatable bonds is 5. The summed E-state index contributed by atoms with van der Waals surface area (Å²) < 4.78 is 5.25. The van der Waals surface area contributed by atoms with Gasteiger partial charge in [-0.25, -0.2) is 4.79 Å². The van der Waals surface area contributed by atoms with Crippen molar-refractivity contribution in [2.24, 2.45) is 0 Å². The van der Waals surface area contributed by atoms with Gasteiger partial charge in [0.1, 0.15) is 0 Å². The number of nitrogen functional groups attached to an aromatic ring is 1. The lowest BCUT2D eigenvalue weighted by atomic mass is 10.2. The summed E-state index contributed by atoms with van der Waals surface area (Å²) >= 11 is 0. The van der Waals surface area contributed by atoms with Crippen LogP contribution < -0.4 is 11.1 Å². The summed E-state index contributed by atoms with van der Waals surface area (Å²) in [4.78, 5) is 28.1. The van der Waals surface area contributed by atoms with E-state index < -0.39 is 18.0 Å². The number of hydrogen-bond acceptors (Lipinski definition) is 5. The van der Waals surface area contributed by atoms with Crippen molar-refractivity contribution in [3.05, 3.63) is 54.4 Å². The zero-order valence-electron chi connectivity index (χ0n) is 12.2. The van der Waals surface area contributed by atoms with Crippen LogP contribution in [-0.2, 0) is 9.53 Å². The van der Waals surface area contributed by atoms with E-state index in [-0.39, 0.29) is 0 Å². The molecule has 0 aliphatic heterocycles. The van der Waals surface area contributed by atoms with E-state index in [1.54, 1.807) is 43.5 Å². The fraction of sp³-hybridized carbons (Fsp3) is 0.188. The maximum absolute atomic E-state index is 12.1. The van der Waals surface area contributed by atoms with Crippen molar-refractivity contribution < 1.29 is 14.3 Å². The van der Waals surface area contributed by atoms with Gasteiger partial charge in [0, 0.05) is 11.9 Å². The zero-order valence-corrected chi connectivity index (χ0v) is 12.2. The molecule has 6 heteroatoms. The summed E-state index contributed by atoms with van der Waals surface area (Å²) in [6.45, 7) is 1.76. The number of carbonyl (C=O) groups excluding carboxylic acids is 2. The topological polar surface area (TPSA) is 94.3 Å². The minimum Gasteiger partial charge on any atom is -0.449 e. The number of benzene rings is 1. The molecule has 1 aromatic heterocycles. The summed E-state index contributed by atoms with van der Waals surface area (Å²) in [6, 6.07) is 9.83. The predicted molar refractivity (Wildman–Crippen MR) is 83.2 cm³/mol. The monoisotopic (exact) mass is 299 g/mol. The Balaban J connectivity index is 2.02. The molecule has 0 aliphatic rings. The maximum Gasteiger partial charge on any atom is 0.338 e. The number of nitrogens with two attached hydrogens (primary N) is 1. The fourth-order valence-corrected chi connectivity index (χ4v) is 1.84. The number of hydrogen-bond donors (Lipinski definition) is 2. The highest BCUT2D eigenvalue weighted by Crippen LogP contribution is 2.12. The van der Waals surface area contributed by atoms with Gasteiger partial charge in [-0.3, -0.25) is 9.78 Å². The first kappa shape index (κ1) is 15.5. The van der Waals surface area contributed by atoms with E-state index in [4.69, 9.17) is 10.5 Å². The first-order chi connectivity index (χ1) is 10.6. The molecule has 0 bridgehead atoms. The van der Waals surface area contributed by atoms with Crippen LogP contribution in [0.1, 0.15) is 23.7 Å². The highest BCUT2D eigenvalue weighted by molar-refractivity contribution is 5.97. The van der Waals surface area contributed by atoms with Crippen molar-refractivity contribution >= 4 is 23.3 Å². The van der Waals surface area contributed by atoms with Crippen LogP contribution >= 0.6 is 0 Å². The lowest BCUT2D eigenvalue weighted by Crippen LogP contribution is -2.32. The third-order valence-electron chi connectivity index (χ3n) is 2.96. The van der Waals surface area contributed by atoms with Crippen molar-refractivity contribution in [3.8, 4) is 0 Å². The number of nitrogens with zero attached hydrogens (tertiary/aromatic N) is 1. The number of pyridine rings is 1. The van der Waals surface area contributed by atoms with E-state index in [9.17, 15) is 9.59 Å².